The third-order valence-corrected chi connectivity index (χ3v) is 6.62. The second-order valence-corrected chi connectivity index (χ2v) is 9.20. The van der Waals surface area contributed by atoms with Gasteiger partial charge in [-0.3, -0.25) is 9.78 Å². The van der Waals surface area contributed by atoms with Gasteiger partial charge in [-0.2, -0.15) is 0 Å². The van der Waals surface area contributed by atoms with Gasteiger partial charge < -0.3 is 15.5 Å². The van der Waals surface area contributed by atoms with E-state index in [-0.39, 0.29) is 11.8 Å². The van der Waals surface area contributed by atoms with E-state index >= 15 is 0 Å². The molecule has 1 aromatic carbocycles. The van der Waals surface area contributed by atoms with E-state index in [1.165, 1.54) is 0 Å². The fraction of sp³-hybridized carbons (Fsp3) is 0.385. The molecule has 7 heteroatoms. The Hall–Kier alpha value is -3.32. The molecular formula is C26H30N4O3. The summed E-state index contributed by atoms with van der Waals surface area (Å²) < 4.78 is 0. The smallest absolute Gasteiger partial charge is 0.306 e. The van der Waals surface area contributed by atoms with Crippen molar-refractivity contribution in [1.29, 1.82) is 0 Å². The van der Waals surface area contributed by atoms with Gasteiger partial charge in [-0.15, -0.1) is 0 Å². The summed E-state index contributed by atoms with van der Waals surface area (Å²) in [6.07, 6.45) is 6.07. The summed E-state index contributed by atoms with van der Waals surface area (Å²) in [5, 5.41) is 23.7. The number of aromatic nitrogens is 3. The fourth-order valence-corrected chi connectivity index (χ4v) is 4.64. The highest BCUT2D eigenvalue weighted by Gasteiger charge is 2.38. The molecule has 172 valence electrons. The van der Waals surface area contributed by atoms with Crippen molar-refractivity contribution in [2.24, 2.45) is 11.8 Å². The molecule has 3 N–H and O–H groups in total. The van der Waals surface area contributed by atoms with E-state index in [1.807, 2.05) is 44.2 Å². The maximum absolute atomic E-state index is 11.2. The minimum absolute atomic E-state index is 0.00412. The number of aliphatic hydroxyl groups is 1. The molecule has 0 bridgehead atoms. The monoisotopic (exact) mass is 446 g/mol. The van der Waals surface area contributed by atoms with Crippen molar-refractivity contribution in [2.45, 2.75) is 52.1 Å². The lowest BCUT2D eigenvalue weighted by Crippen LogP contribution is -2.36. The highest BCUT2D eigenvalue weighted by atomic mass is 16.4. The van der Waals surface area contributed by atoms with E-state index in [0.717, 1.165) is 28.1 Å². The first-order valence-electron chi connectivity index (χ1n) is 11.3. The molecule has 1 saturated carbocycles. The maximum atomic E-state index is 11.2. The molecule has 4 rings (SSSR count). The largest absolute Gasteiger partial charge is 0.481 e. The van der Waals surface area contributed by atoms with E-state index in [4.69, 9.17) is 0 Å². The van der Waals surface area contributed by atoms with Crippen molar-refractivity contribution in [1.82, 2.24) is 15.0 Å². The zero-order valence-electron chi connectivity index (χ0n) is 19.2. The van der Waals surface area contributed by atoms with Crippen molar-refractivity contribution < 1.29 is 15.0 Å². The molecule has 0 spiro atoms. The van der Waals surface area contributed by atoms with Crippen molar-refractivity contribution in [3.05, 3.63) is 65.7 Å². The van der Waals surface area contributed by atoms with E-state index in [0.29, 0.717) is 37.3 Å². The summed E-state index contributed by atoms with van der Waals surface area (Å²) in [7, 11) is 0. The Balaban J connectivity index is 1.52. The number of rotatable bonds is 6. The molecule has 0 amide bonds. The number of carboxylic acids is 1. The number of benzene rings is 1. The molecule has 2 aromatic heterocycles. The summed E-state index contributed by atoms with van der Waals surface area (Å²) in [6.45, 7) is 5.75. The molecule has 0 aliphatic heterocycles. The van der Waals surface area contributed by atoms with Crippen LogP contribution in [0, 0.1) is 25.7 Å². The third-order valence-electron chi connectivity index (χ3n) is 6.62. The second kappa shape index (κ2) is 9.27. The number of carboxylic acid groups (broad SMARTS) is 1. The lowest BCUT2D eigenvalue weighted by Gasteiger charge is -2.36. The van der Waals surface area contributed by atoms with Gasteiger partial charge in [-0.25, -0.2) is 9.97 Å². The lowest BCUT2D eigenvalue weighted by atomic mass is 9.73. The highest BCUT2D eigenvalue weighted by Crippen LogP contribution is 2.40. The van der Waals surface area contributed by atoms with Gasteiger partial charge in [0.2, 0.25) is 5.95 Å². The van der Waals surface area contributed by atoms with Crippen LogP contribution in [0.4, 0.5) is 11.6 Å². The summed E-state index contributed by atoms with van der Waals surface area (Å²) in [6, 6.07) is 11.9. The zero-order valence-corrected chi connectivity index (χ0v) is 19.2. The van der Waals surface area contributed by atoms with Gasteiger partial charge in [0.25, 0.3) is 0 Å². The van der Waals surface area contributed by atoms with E-state index in [2.05, 4.69) is 26.3 Å². The molecule has 0 unspecified atom stereocenters. The summed E-state index contributed by atoms with van der Waals surface area (Å²) in [5.41, 5.74) is 4.35. The van der Waals surface area contributed by atoms with Crippen LogP contribution in [-0.2, 0) is 10.4 Å². The van der Waals surface area contributed by atoms with Gasteiger partial charge >= 0.3 is 5.97 Å². The Kier molecular flexibility index (Phi) is 6.42. The number of aryl methyl sites for hydroxylation is 2. The summed E-state index contributed by atoms with van der Waals surface area (Å²) >= 11 is 0. The van der Waals surface area contributed by atoms with Gasteiger partial charge in [0.05, 0.1) is 11.6 Å². The van der Waals surface area contributed by atoms with Crippen molar-refractivity contribution in [2.75, 3.05) is 5.32 Å². The van der Waals surface area contributed by atoms with Crippen molar-refractivity contribution in [3.8, 4) is 11.1 Å². The Bertz CT molecular complexity index is 1140. The predicted octanol–water partition coefficient (Wildman–Crippen LogP) is 5.00. The van der Waals surface area contributed by atoms with E-state index in [1.54, 1.807) is 19.3 Å². The van der Waals surface area contributed by atoms with Crippen molar-refractivity contribution >= 4 is 17.6 Å². The quantitative estimate of drug-likeness (QED) is 0.489. The fourth-order valence-electron chi connectivity index (χ4n) is 4.64. The minimum Gasteiger partial charge on any atom is -0.481 e. The number of carbonyl (C=O) groups is 1. The van der Waals surface area contributed by atoms with Gasteiger partial charge in [-0.05, 0) is 87.8 Å². The van der Waals surface area contributed by atoms with Crippen molar-refractivity contribution in [3.63, 3.8) is 0 Å². The number of hydrogen-bond acceptors (Lipinski definition) is 6. The van der Waals surface area contributed by atoms with Crippen LogP contribution in [-0.4, -0.2) is 31.1 Å². The Labute approximate surface area is 194 Å². The van der Waals surface area contributed by atoms with E-state index in [9.17, 15) is 15.0 Å². The van der Waals surface area contributed by atoms with Crippen LogP contribution < -0.4 is 5.32 Å². The molecule has 7 nitrogen and oxygen atoms in total. The van der Waals surface area contributed by atoms with Crippen LogP contribution in [0.25, 0.3) is 11.1 Å². The first-order chi connectivity index (χ1) is 15.7. The molecule has 33 heavy (non-hydrogen) atoms. The molecule has 1 aliphatic carbocycles. The minimum atomic E-state index is -1.09. The molecule has 1 fully saturated rings. The number of hydrogen-bond donors (Lipinski definition) is 3. The first-order valence-corrected chi connectivity index (χ1v) is 11.3. The Morgan fingerprint density at radius 1 is 1.03 bits per heavy atom. The first kappa shape index (κ1) is 22.9. The molecule has 0 saturated heterocycles. The average molecular weight is 447 g/mol. The predicted molar refractivity (Wildman–Crippen MR) is 127 cm³/mol. The van der Waals surface area contributed by atoms with Crippen LogP contribution in [0.5, 0.6) is 0 Å². The molecular weight excluding hydrogens is 416 g/mol. The number of pyridine rings is 1. The van der Waals surface area contributed by atoms with Gasteiger partial charge in [-0.1, -0.05) is 12.1 Å². The summed E-state index contributed by atoms with van der Waals surface area (Å²) in [5.74, 6) is -0.498. The maximum Gasteiger partial charge on any atom is 0.306 e. The number of anilines is 2. The van der Waals surface area contributed by atoms with Crippen LogP contribution in [0.15, 0.2) is 48.8 Å². The number of aliphatic carboxylic acids is 1. The molecule has 2 heterocycles. The summed E-state index contributed by atoms with van der Waals surface area (Å²) in [4.78, 5) is 24.5. The Morgan fingerprint density at radius 3 is 2.42 bits per heavy atom. The van der Waals surface area contributed by atoms with Gasteiger partial charge in [0, 0.05) is 29.3 Å². The SMILES string of the molecule is Cc1cc(Nc2nccc(C)n2)cc(-c2ccc([C@](C)(O)[C@H]3CC[C@H](C(=O)O)CC3)nc2)c1. The van der Waals surface area contributed by atoms with Crippen LogP contribution in [0.1, 0.15) is 49.6 Å². The van der Waals surface area contributed by atoms with Crippen LogP contribution >= 0.6 is 0 Å². The number of nitrogens with one attached hydrogen (secondary N) is 1. The highest BCUT2D eigenvalue weighted by molar-refractivity contribution is 5.71. The molecule has 1 atom stereocenters. The van der Waals surface area contributed by atoms with E-state index < -0.39 is 11.6 Å². The zero-order chi connectivity index (χ0) is 23.6. The van der Waals surface area contributed by atoms with Crippen LogP contribution in [0.3, 0.4) is 0 Å². The topological polar surface area (TPSA) is 108 Å². The molecule has 0 radical (unpaired) electrons. The van der Waals surface area contributed by atoms with Gasteiger partial charge in [0.15, 0.2) is 0 Å². The second-order valence-electron chi connectivity index (χ2n) is 9.20. The van der Waals surface area contributed by atoms with Gasteiger partial charge in [0.1, 0.15) is 5.60 Å². The lowest BCUT2D eigenvalue weighted by molar-refractivity contribution is -0.144. The standard InChI is InChI=1S/C26H30N4O3/c1-16-12-20(14-22(13-16)30-25-27-11-10-17(2)29-25)19-6-9-23(28-15-19)26(3,33)21-7-4-18(5-8-21)24(31)32/h6,9-15,18,21,33H,4-5,7-8H2,1-3H3,(H,31,32)(H,27,29,30)/t18-,21-,26-/m1/s1. The Morgan fingerprint density at radius 2 is 1.79 bits per heavy atom. The molecule has 3 aromatic rings. The average Bonchev–Trinajstić information content (AvgIpc) is 2.79. The van der Waals surface area contributed by atoms with Crippen LogP contribution in [0.2, 0.25) is 0 Å². The normalized spacial score (nSPS) is 20.1. The third kappa shape index (κ3) is 5.20. The number of nitrogens with zero attached hydrogens (tertiary/aromatic N) is 3. The molecule has 1 aliphatic rings.